The fourth-order valence-electron chi connectivity index (χ4n) is 1.95. The van der Waals surface area contributed by atoms with E-state index in [-0.39, 0.29) is 16.4 Å². The van der Waals surface area contributed by atoms with Crippen LogP contribution in [-0.4, -0.2) is 21.9 Å². The highest BCUT2D eigenvalue weighted by Gasteiger charge is 2.12. The third-order valence-corrected chi connectivity index (χ3v) is 3.45. The van der Waals surface area contributed by atoms with Crippen molar-refractivity contribution in [2.24, 2.45) is 0 Å². The van der Waals surface area contributed by atoms with E-state index in [2.05, 4.69) is 16.2 Å². The molecule has 0 radical (unpaired) electrons. The van der Waals surface area contributed by atoms with Crippen molar-refractivity contribution in [2.45, 2.75) is 6.92 Å². The maximum absolute atomic E-state index is 12.0. The second kappa shape index (κ2) is 7.97. The Balaban J connectivity index is 1.89. The van der Waals surface area contributed by atoms with E-state index >= 15 is 0 Å². The zero-order chi connectivity index (χ0) is 18.4. The highest BCUT2D eigenvalue weighted by Crippen LogP contribution is 2.11. The van der Waals surface area contributed by atoms with Gasteiger partial charge in [-0.2, -0.15) is 0 Å². The lowest BCUT2D eigenvalue weighted by molar-refractivity contribution is -0.384. The number of carbonyl (C=O) groups is 2. The molecule has 0 saturated heterocycles. The van der Waals surface area contributed by atoms with Gasteiger partial charge in [0.2, 0.25) is 0 Å². The van der Waals surface area contributed by atoms with Gasteiger partial charge in [0.15, 0.2) is 5.11 Å². The Morgan fingerprint density at radius 3 is 2.24 bits per heavy atom. The molecule has 0 bridgehead atoms. The van der Waals surface area contributed by atoms with Crippen LogP contribution in [0.3, 0.4) is 0 Å². The number of carbonyl (C=O) groups excluding carboxylic acids is 2. The summed E-state index contributed by atoms with van der Waals surface area (Å²) in [5.41, 5.74) is 6.15. The molecule has 2 aromatic carbocycles. The minimum absolute atomic E-state index is 0.106. The molecule has 0 saturated carbocycles. The summed E-state index contributed by atoms with van der Waals surface area (Å²) in [6.45, 7) is 1.80. The Morgan fingerprint density at radius 1 is 1.00 bits per heavy atom. The average Bonchev–Trinajstić information content (AvgIpc) is 2.60. The summed E-state index contributed by atoms with van der Waals surface area (Å²) in [6.07, 6.45) is 0. The molecule has 0 aliphatic heterocycles. The minimum Gasteiger partial charge on any atom is -0.298 e. The molecule has 0 unspecified atom stereocenters. The van der Waals surface area contributed by atoms with Crippen molar-refractivity contribution in [1.29, 1.82) is 0 Å². The van der Waals surface area contributed by atoms with Gasteiger partial charge < -0.3 is 0 Å². The second-order valence-electron chi connectivity index (χ2n) is 4.98. The maximum Gasteiger partial charge on any atom is 0.269 e. The van der Waals surface area contributed by atoms with Gasteiger partial charge in [0, 0.05) is 23.3 Å². The lowest BCUT2D eigenvalue weighted by atomic mass is 10.1. The lowest BCUT2D eigenvalue weighted by Gasteiger charge is -2.11. The summed E-state index contributed by atoms with van der Waals surface area (Å²) in [7, 11) is 0. The Labute approximate surface area is 148 Å². The van der Waals surface area contributed by atoms with Crippen molar-refractivity contribution in [1.82, 2.24) is 16.2 Å². The number of non-ortho nitro benzene ring substituents is 1. The number of nitro benzene ring substituents is 1. The fraction of sp³-hybridized carbons (Fsp3) is 0.0625. The van der Waals surface area contributed by atoms with E-state index in [1.165, 1.54) is 24.3 Å². The van der Waals surface area contributed by atoms with E-state index in [9.17, 15) is 19.7 Å². The van der Waals surface area contributed by atoms with Gasteiger partial charge >= 0.3 is 0 Å². The summed E-state index contributed by atoms with van der Waals surface area (Å²) in [6, 6.07) is 12.0. The average molecular weight is 358 g/mol. The van der Waals surface area contributed by atoms with Crippen LogP contribution < -0.4 is 16.2 Å². The number of hydrogen-bond acceptors (Lipinski definition) is 5. The number of nitrogens with zero attached hydrogens (tertiary/aromatic N) is 1. The predicted octanol–water partition coefficient (Wildman–Crippen LogP) is 1.85. The minimum atomic E-state index is -0.561. The van der Waals surface area contributed by atoms with Crippen LogP contribution in [0.15, 0.2) is 48.5 Å². The Hall–Kier alpha value is -3.33. The number of hydrogen-bond donors (Lipinski definition) is 3. The summed E-state index contributed by atoms with van der Waals surface area (Å²) in [4.78, 5) is 34.0. The van der Waals surface area contributed by atoms with Crippen molar-refractivity contribution >= 4 is 34.8 Å². The Morgan fingerprint density at radius 2 is 1.64 bits per heavy atom. The maximum atomic E-state index is 12.0. The first-order chi connectivity index (χ1) is 11.9. The number of benzene rings is 2. The molecule has 8 nitrogen and oxygen atoms in total. The van der Waals surface area contributed by atoms with Gasteiger partial charge in [0.1, 0.15) is 0 Å². The number of nitro groups is 1. The monoisotopic (exact) mass is 358 g/mol. The van der Waals surface area contributed by atoms with Crippen LogP contribution in [0.2, 0.25) is 0 Å². The van der Waals surface area contributed by atoms with E-state index < -0.39 is 16.7 Å². The quantitative estimate of drug-likeness (QED) is 0.438. The van der Waals surface area contributed by atoms with Crippen molar-refractivity contribution in [3.05, 3.63) is 75.3 Å². The van der Waals surface area contributed by atoms with Gasteiger partial charge in [-0.05, 0) is 42.9 Å². The van der Waals surface area contributed by atoms with Gasteiger partial charge in [0.25, 0.3) is 17.5 Å². The van der Waals surface area contributed by atoms with Crippen LogP contribution in [-0.2, 0) is 0 Å². The number of aryl methyl sites for hydroxylation is 1. The molecule has 0 heterocycles. The molecule has 25 heavy (non-hydrogen) atoms. The zero-order valence-corrected chi connectivity index (χ0v) is 13.9. The molecule has 2 aromatic rings. The van der Waals surface area contributed by atoms with E-state index in [4.69, 9.17) is 12.2 Å². The summed E-state index contributed by atoms with van der Waals surface area (Å²) >= 11 is 4.93. The third-order valence-electron chi connectivity index (χ3n) is 3.25. The number of amides is 2. The number of hydrazine groups is 1. The zero-order valence-electron chi connectivity index (χ0n) is 13.1. The second-order valence-corrected chi connectivity index (χ2v) is 5.39. The van der Waals surface area contributed by atoms with Crippen molar-refractivity contribution in [2.75, 3.05) is 0 Å². The molecule has 2 amide bonds. The van der Waals surface area contributed by atoms with Gasteiger partial charge in [0.05, 0.1) is 4.92 Å². The molecular formula is C16H14N4O4S. The first-order valence-electron chi connectivity index (χ1n) is 7.10. The number of nitrogens with one attached hydrogen (secondary N) is 3. The summed E-state index contributed by atoms with van der Waals surface area (Å²) in [5.74, 6) is -0.956. The highest BCUT2D eigenvalue weighted by atomic mass is 32.1. The summed E-state index contributed by atoms with van der Waals surface area (Å²) < 4.78 is 0. The first-order valence-corrected chi connectivity index (χ1v) is 7.51. The van der Waals surface area contributed by atoms with Crippen molar-refractivity contribution < 1.29 is 14.5 Å². The molecule has 0 atom stereocenters. The fourth-order valence-corrected chi connectivity index (χ4v) is 2.09. The van der Waals surface area contributed by atoms with Crippen molar-refractivity contribution in [3.63, 3.8) is 0 Å². The smallest absolute Gasteiger partial charge is 0.269 e. The number of rotatable bonds is 3. The van der Waals surface area contributed by atoms with E-state index in [1.54, 1.807) is 25.1 Å². The molecule has 0 aliphatic rings. The van der Waals surface area contributed by atoms with Gasteiger partial charge in [-0.25, -0.2) is 0 Å². The lowest BCUT2D eigenvalue weighted by Crippen LogP contribution is -2.48. The van der Waals surface area contributed by atoms with Crippen molar-refractivity contribution in [3.8, 4) is 0 Å². The normalized spacial score (nSPS) is 9.80. The molecule has 0 aromatic heterocycles. The van der Waals surface area contributed by atoms with Gasteiger partial charge in [-0.3, -0.25) is 35.9 Å². The summed E-state index contributed by atoms with van der Waals surface area (Å²) in [5, 5.41) is 12.8. The molecule has 2 rings (SSSR count). The molecular weight excluding hydrogens is 344 g/mol. The van der Waals surface area contributed by atoms with E-state index in [0.29, 0.717) is 5.56 Å². The van der Waals surface area contributed by atoms with Gasteiger partial charge in [-0.15, -0.1) is 0 Å². The number of thiocarbonyl (C=S) groups is 1. The molecule has 128 valence electrons. The molecule has 0 spiro atoms. The van der Waals surface area contributed by atoms with Gasteiger partial charge in [-0.1, -0.05) is 18.2 Å². The molecule has 9 heteroatoms. The Kier molecular flexibility index (Phi) is 5.75. The Bertz CT molecular complexity index is 836. The van der Waals surface area contributed by atoms with E-state index in [1.807, 2.05) is 6.07 Å². The first kappa shape index (κ1) is 18.0. The van der Waals surface area contributed by atoms with Crippen LogP contribution in [0.4, 0.5) is 5.69 Å². The molecule has 0 fully saturated rings. The standard InChI is InChI=1S/C16H14N4O4S/c1-10-4-2-3-5-13(10)15(22)18-19-16(25)17-14(21)11-6-8-12(9-7-11)20(23)24/h2-9H,1H3,(H,18,22)(H2,17,19,21,25). The third kappa shape index (κ3) is 4.82. The molecule has 0 aliphatic carbocycles. The largest absolute Gasteiger partial charge is 0.298 e. The SMILES string of the molecule is Cc1ccccc1C(=O)NNC(=S)NC(=O)c1ccc([N+](=O)[O-])cc1. The highest BCUT2D eigenvalue weighted by molar-refractivity contribution is 7.80. The topological polar surface area (TPSA) is 113 Å². The van der Waals surface area contributed by atoms with Crippen LogP contribution in [0, 0.1) is 17.0 Å². The van der Waals surface area contributed by atoms with Crippen LogP contribution in [0.25, 0.3) is 0 Å². The molecule has 3 N–H and O–H groups in total. The van der Waals surface area contributed by atoms with Crippen LogP contribution >= 0.6 is 12.2 Å². The predicted molar refractivity (Wildman–Crippen MR) is 94.9 cm³/mol. The van der Waals surface area contributed by atoms with Crippen LogP contribution in [0.1, 0.15) is 26.3 Å². The van der Waals surface area contributed by atoms with E-state index in [0.717, 1.165) is 5.56 Å². The van der Waals surface area contributed by atoms with Crippen LogP contribution in [0.5, 0.6) is 0 Å².